The van der Waals surface area contributed by atoms with Crippen LogP contribution < -0.4 is 5.32 Å². The summed E-state index contributed by atoms with van der Waals surface area (Å²) in [7, 11) is 0. The van der Waals surface area contributed by atoms with Crippen LogP contribution in [0.3, 0.4) is 0 Å². The highest BCUT2D eigenvalue weighted by Crippen LogP contribution is 2.09. The van der Waals surface area contributed by atoms with Crippen molar-refractivity contribution >= 4 is 0 Å². The molecule has 0 amide bonds. The van der Waals surface area contributed by atoms with Gasteiger partial charge in [-0.15, -0.1) is 6.58 Å². The standard InChI is InChI=1S/C13H26N2/c1-4-5-9-15(10-12(2)3)11-13-7-6-8-14-13/h4,12-14H,1,5-11H2,2-3H3. The average molecular weight is 210 g/mol. The Morgan fingerprint density at radius 3 is 2.87 bits per heavy atom. The minimum Gasteiger partial charge on any atom is -0.313 e. The number of nitrogens with one attached hydrogen (secondary N) is 1. The molecule has 1 heterocycles. The SMILES string of the molecule is C=CCCN(CC(C)C)CC1CCCN1. The van der Waals surface area contributed by atoms with Gasteiger partial charge in [-0.1, -0.05) is 19.9 Å². The van der Waals surface area contributed by atoms with E-state index in [2.05, 4.69) is 30.6 Å². The molecule has 0 bridgehead atoms. The summed E-state index contributed by atoms with van der Waals surface area (Å²) in [4.78, 5) is 2.58. The van der Waals surface area contributed by atoms with E-state index in [0.29, 0.717) is 0 Å². The van der Waals surface area contributed by atoms with Gasteiger partial charge in [-0.3, -0.25) is 0 Å². The molecule has 2 nitrogen and oxygen atoms in total. The van der Waals surface area contributed by atoms with E-state index in [4.69, 9.17) is 0 Å². The van der Waals surface area contributed by atoms with Crippen molar-refractivity contribution in [1.29, 1.82) is 0 Å². The molecule has 1 saturated heterocycles. The Labute approximate surface area is 94.7 Å². The lowest BCUT2D eigenvalue weighted by Gasteiger charge is -2.26. The van der Waals surface area contributed by atoms with E-state index in [0.717, 1.165) is 18.4 Å². The first-order chi connectivity index (χ1) is 7.22. The second kappa shape index (κ2) is 7.02. The van der Waals surface area contributed by atoms with E-state index in [1.807, 2.05) is 6.08 Å². The van der Waals surface area contributed by atoms with Crippen LogP contribution in [0, 0.1) is 5.92 Å². The quantitative estimate of drug-likeness (QED) is 0.649. The average Bonchev–Trinajstić information content (AvgIpc) is 2.66. The lowest BCUT2D eigenvalue weighted by atomic mass is 10.1. The van der Waals surface area contributed by atoms with Crippen molar-refractivity contribution in [3.63, 3.8) is 0 Å². The van der Waals surface area contributed by atoms with Gasteiger partial charge in [0, 0.05) is 25.7 Å². The second-order valence-electron chi connectivity index (χ2n) is 5.02. The van der Waals surface area contributed by atoms with Gasteiger partial charge in [0.1, 0.15) is 0 Å². The summed E-state index contributed by atoms with van der Waals surface area (Å²) < 4.78 is 0. The Kier molecular flexibility index (Phi) is 5.96. The van der Waals surface area contributed by atoms with Gasteiger partial charge in [0.05, 0.1) is 0 Å². The fourth-order valence-corrected chi connectivity index (χ4v) is 2.27. The largest absolute Gasteiger partial charge is 0.313 e. The van der Waals surface area contributed by atoms with Crippen LogP contribution in [-0.4, -0.2) is 37.1 Å². The third-order valence-electron chi connectivity index (χ3n) is 2.91. The van der Waals surface area contributed by atoms with Gasteiger partial charge < -0.3 is 10.2 Å². The van der Waals surface area contributed by atoms with Crippen molar-refractivity contribution in [2.45, 2.75) is 39.2 Å². The topological polar surface area (TPSA) is 15.3 Å². The molecule has 1 atom stereocenters. The first kappa shape index (κ1) is 12.7. The predicted molar refractivity (Wildman–Crippen MR) is 67.1 cm³/mol. The molecule has 0 aliphatic carbocycles. The molecule has 2 heteroatoms. The molecular weight excluding hydrogens is 184 g/mol. The van der Waals surface area contributed by atoms with Gasteiger partial charge in [-0.05, 0) is 31.7 Å². The molecular formula is C13H26N2. The monoisotopic (exact) mass is 210 g/mol. The smallest absolute Gasteiger partial charge is 0.0195 e. The Hall–Kier alpha value is -0.340. The minimum atomic E-state index is 0.730. The summed E-state index contributed by atoms with van der Waals surface area (Å²) in [6.07, 6.45) is 5.83. The molecule has 0 aromatic rings. The lowest BCUT2D eigenvalue weighted by Crippen LogP contribution is -2.39. The maximum absolute atomic E-state index is 3.80. The first-order valence-electron chi connectivity index (χ1n) is 6.29. The highest BCUT2D eigenvalue weighted by Gasteiger charge is 2.17. The fraction of sp³-hybridized carbons (Fsp3) is 0.846. The summed E-state index contributed by atoms with van der Waals surface area (Å²) in [6.45, 7) is 13.2. The van der Waals surface area contributed by atoms with Crippen molar-refractivity contribution in [1.82, 2.24) is 10.2 Å². The molecule has 15 heavy (non-hydrogen) atoms. The van der Waals surface area contributed by atoms with Crippen LogP contribution in [0.25, 0.3) is 0 Å². The van der Waals surface area contributed by atoms with Gasteiger partial charge in [0.2, 0.25) is 0 Å². The second-order valence-corrected chi connectivity index (χ2v) is 5.02. The van der Waals surface area contributed by atoms with E-state index in [9.17, 15) is 0 Å². The van der Waals surface area contributed by atoms with E-state index < -0.39 is 0 Å². The maximum atomic E-state index is 3.80. The lowest BCUT2D eigenvalue weighted by molar-refractivity contribution is 0.228. The van der Waals surface area contributed by atoms with Crippen LogP contribution in [-0.2, 0) is 0 Å². The van der Waals surface area contributed by atoms with E-state index in [1.54, 1.807) is 0 Å². The first-order valence-corrected chi connectivity index (χ1v) is 6.29. The summed E-state index contributed by atoms with van der Waals surface area (Å²) in [5, 5.41) is 3.57. The summed E-state index contributed by atoms with van der Waals surface area (Å²) in [5.41, 5.74) is 0. The van der Waals surface area contributed by atoms with E-state index in [-0.39, 0.29) is 0 Å². The van der Waals surface area contributed by atoms with Crippen LogP contribution in [0.15, 0.2) is 12.7 Å². The molecule has 1 unspecified atom stereocenters. The van der Waals surface area contributed by atoms with Crippen LogP contribution >= 0.6 is 0 Å². The summed E-state index contributed by atoms with van der Waals surface area (Å²) in [6, 6.07) is 0.730. The third kappa shape index (κ3) is 5.33. The molecule has 1 rings (SSSR count). The Morgan fingerprint density at radius 1 is 1.53 bits per heavy atom. The van der Waals surface area contributed by atoms with Crippen LogP contribution in [0.2, 0.25) is 0 Å². The van der Waals surface area contributed by atoms with Gasteiger partial charge in [-0.2, -0.15) is 0 Å². The highest BCUT2D eigenvalue weighted by molar-refractivity contribution is 4.79. The van der Waals surface area contributed by atoms with Crippen molar-refractivity contribution in [2.75, 3.05) is 26.2 Å². The molecule has 1 aliphatic heterocycles. The Morgan fingerprint density at radius 2 is 2.33 bits per heavy atom. The zero-order valence-electron chi connectivity index (χ0n) is 10.3. The number of hydrogen-bond acceptors (Lipinski definition) is 2. The summed E-state index contributed by atoms with van der Waals surface area (Å²) in [5.74, 6) is 0.760. The van der Waals surface area contributed by atoms with Gasteiger partial charge in [0.15, 0.2) is 0 Å². The molecule has 0 spiro atoms. The van der Waals surface area contributed by atoms with Crippen molar-refractivity contribution in [3.8, 4) is 0 Å². The molecule has 0 aromatic carbocycles. The number of hydrogen-bond donors (Lipinski definition) is 1. The van der Waals surface area contributed by atoms with Gasteiger partial charge in [-0.25, -0.2) is 0 Å². The normalized spacial score (nSPS) is 21.5. The third-order valence-corrected chi connectivity index (χ3v) is 2.91. The van der Waals surface area contributed by atoms with E-state index in [1.165, 1.54) is 39.0 Å². The Bertz CT molecular complexity index is 171. The molecule has 1 fully saturated rings. The number of rotatable bonds is 7. The maximum Gasteiger partial charge on any atom is 0.0195 e. The van der Waals surface area contributed by atoms with Crippen molar-refractivity contribution < 1.29 is 0 Å². The summed E-state index contributed by atoms with van der Waals surface area (Å²) >= 11 is 0. The minimum absolute atomic E-state index is 0.730. The van der Waals surface area contributed by atoms with E-state index >= 15 is 0 Å². The zero-order valence-corrected chi connectivity index (χ0v) is 10.3. The molecule has 0 radical (unpaired) electrons. The van der Waals surface area contributed by atoms with Gasteiger partial charge >= 0.3 is 0 Å². The van der Waals surface area contributed by atoms with Gasteiger partial charge in [0.25, 0.3) is 0 Å². The molecule has 0 aromatic heterocycles. The molecule has 1 aliphatic rings. The molecule has 0 saturated carbocycles. The van der Waals surface area contributed by atoms with Crippen LogP contribution in [0.5, 0.6) is 0 Å². The highest BCUT2D eigenvalue weighted by atomic mass is 15.2. The van der Waals surface area contributed by atoms with Crippen molar-refractivity contribution in [3.05, 3.63) is 12.7 Å². The zero-order chi connectivity index (χ0) is 11.1. The number of nitrogens with zero attached hydrogens (tertiary/aromatic N) is 1. The molecule has 88 valence electrons. The fourth-order valence-electron chi connectivity index (χ4n) is 2.27. The van der Waals surface area contributed by atoms with Crippen LogP contribution in [0.4, 0.5) is 0 Å². The predicted octanol–water partition coefficient (Wildman–Crippen LogP) is 2.27. The van der Waals surface area contributed by atoms with Crippen molar-refractivity contribution in [2.24, 2.45) is 5.92 Å². The molecule has 1 N–H and O–H groups in total. The Balaban J connectivity index is 2.29. The van der Waals surface area contributed by atoms with Crippen LogP contribution in [0.1, 0.15) is 33.1 Å².